The van der Waals surface area contributed by atoms with Crippen molar-refractivity contribution in [1.29, 1.82) is 0 Å². The highest BCUT2D eigenvalue weighted by Gasteiger charge is 2.54. The summed E-state index contributed by atoms with van der Waals surface area (Å²) in [5.74, 6) is 0. The van der Waals surface area contributed by atoms with Crippen molar-refractivity contribution in [3.05, 3.63) is 114 Å². The van der Waals surface area contributed by atoms with Crippen LogP contribution in [0.3, 0.4) is 0 Å². The third-order valence-electron chi connectivity index (χ3n) is 6.32. The molecule has 33 heavy (non-hydrogen) atoms. The van der Waals surface area contributed by atoms with Crippen LogP contribution in [0.1, 0.15) is 49.3 Å². The molecule has 0 aromatic heterocycles. The van der Waals surface area contributed by atoms with Gasteiger partial charge in [-0.1, -0.05) is 99.1 Å². The first-order chi connectivity index (χ1) is 15.6. The topological polar surface area (TPSA) is 46.6 Å². The lowest BCUT2D eigenvalue weighted by atomic mass is 9.84. The molecule has 0 unspecified atom stereocenters. The largest absolute Gasteiger partial charge is 0.355 e. The van der Waals surface area contributed by atoms with Crippen LogP contribution >= 0.6 is 0 Å². The molecule has 1 aliphatic heterocycles. The molecule has 1 heterocycles. The van der Waals surface area contributed by atoms with Gasteiger partial charge in [-0.15, -0.1) is 10.9 Å². The molecule has 0 amide bonds. The highest BCUT2D eigenvalue weighted by Crippen LogP contribution is 2.48. The van der Waals surface area contributed by atoms with E-state index in [1.807, 2.05) is 61.5 Å². The Morgan fingerprint density at radius 2 is 1.58 bits per heavy atom. The number of ether oxygens (including phenoxy) is 1. The smallest absolute Gasteiger partial charge is 0.246 e. The van der Waals surface area contributed by atoms with Crippen LogP contribution in [0.5, 0.6) is 0 Å². The minimum Gasteiger partial charge on any atom is -0.355 e. The Kier molecular flexibility index (Phi) is 6.08. The van der Waals surface area contributed by atoms with Crippen LogP contribution in [0, 0.1) is 6.92 Å². The van der Waals surface area contributed by atoms with Crippen molar-refractivity contribution in [3.8, 4) is 0 Å². The molecule has 0 aliphatic carbocycles. The van der Waals surface area contributed by atoms with Crippen molar-refractivity contribution in [2.24, 2.45) is 0 Å². The second-order valence-corrected chi connectivity index (χ2v) is 11.5. The van der Waals surface area contributed by atoms with Gasteiger partial charge >= 0.3 is 0 Å². The van der Waals surface area contributed by atoms with Crippen molar-refractivity contribution < 1.29 is 13.2 Å². The monoisotopic (exact) mass is 461 g/mol. The van der Waals surface area contributed by atoms with Crippen molar-refractivity contribution in [1.82, 2.24) is 4.31 Å². The molecule has 0 bridgehead atoms. The zero-order chi connectivity index (χ0) is 23.9. The van der Waals surface area contributed by atoms with Crippen LogP contribution in [0.4, 0.5) is 0 Å². The van der Waals surface area contributed by atoms with E-state index in [4.69, 9.17) is 4.74 Å². The van der Waals surface area contributed by atoms with Crippen LogP contribution in [-0.4, -0.2) is 19.3 Å². The molecule has 0 N–H and O–H groups in total. The van der Waals surface area contributed by atoms with Gasteiger partial charge in [0.25, 0.3) is 0 Å². The summed E-state index contributed by atoms with van der Waals surface area (Å²) in [7, 11) is -3.92. The lowest BCUT2D eigenvalue weighted by Gasteiger charge is -2.36. The molecular weight excluding hydrogens is 430 g/mol. The quantitative estimate of drug-likeness (QED) is 0.432. The Bertz CT molecular complexity index is 1230. The molecule has 1 saturated heterocycles. The maximum atomic E-state index is 14.1. The Morgan fingerprint density at radius 1 is 0.970 bits per heavy atom. The maximum absolute atomic E-state index is 14.1. The third-order valence-corrected chi connectivity index (χ3v) is 8.22. The minimum absolute atomic E-state index is 0.00765. The fourth-order valence-corrected chi connectivity index (χ4v) is 6.10. The summed E-state index contributed by atoms with van der Waals surface area (Å²) in [6.07, 6.45) is 0.936. The summed E-state index contributed by atoms with van der Waals surface area (Å²) >= 11 is 0. The van der Waals surface area contributed by atoms with Crippen LogP contribution in [0.15, 0.2) is 96.4 Å². The Labute approximate surface area is 197 Å². The van der Waals surface area contributed by atoms with E-state index >= 15 is 0 Å². The number of aryl methyl sites for hydroxylation is 1. The predicted octanol–water partition coefficient (Wildman–Crippen LogP) is 6.09. The van der Waals surface area contributed by atoms with E-state index in [2.05, 4.69) is 39.5 Å². The van der Waals surface area contributed by atoms with Gasteiger partial charge in [0.05, 0.1) is 11.5 Å². The van der Waals surface area contributed by atoms with Gasteiger partial charge in [-0.2, -0.15) is 0 Å². The first kappa shape index (κ1) is 23.4. The van der Waals surface area contributed by atoms with Gasteiger partial charge in [0.1, 0.15) is 5.54 Å². The molecule has 2 atom stereocenters. The maximum Gasteiger partial charge on any atom is 0.246 e. The molecule has 1 fully saturated rings. The normalized spacial score (nSPS) is 21.8. The molecule has 4 rings (SSSR count). The van der Waals surface area contributed by atoms with Gasteiger partial charge in [-0.25, -0.2) is 8.42 Å². The van der Waals surface area contributed by atoms with E-state index in [-0.39, 0.29) is 16.9 Å². The van der Waals surface area contributed by atoms with E-state index in [9.17, 15) is 8.42 Å². The van der Waals surface area contributed by atoms with Crippen molar-refractivity contribution in [3.63, 3.8) is 0 Å². The zero-order valence-corrected chi connectivity index (χ0v) is 20.5. The van der Waals surface area contributed by atoms with Gasteiger partial charge in [0, 0.05) is 0 Å². The summed E-state index contributed by atoms with van der Waals surface area (Å²) in [5.41, 5.74) is 2.74. The number of rotatable bonds is 5. The molecule has 3 aromatic carbocycles. The molecule has 0 radical (unpaired) electrons. The van der Waals surface area contributed by atoms with Crippen LogP contribution < -0.4 is 0 Å². The molecule has 172 valence electrons. The summed E-state index contributed by atoms with van der Waals surface area (Å²) in [6.45, 7) is 12.7. The first-order valence-electron chi connectivity index (χ1n) is 11.1. The average molecular weight is 462 g/mol. The molecule has 0 saturated carbocycles. The fraction of sp³-hybridized carbons (Fsp3) is 0.286. The number of hydrogen-bond donors (Lipinski definition) is 0. The number of sulfonamides is 1. The third kappa shape index (κ3) is 4.17. The summed E-state index contributed by atoms with van der Waals surface area (Å²) in [4.78, 5) is 0.233. The molecule has 1 aliphatic rings. The minimum atomic E-state index is -3.92. The number of benzene rings is 3. The lowest BCUT2D eigenvalue weighted by Crippen LogP contribution is -2.46. The van der Waals surface area contributed by atoms with Crippen LogP contribution in [0.25, 0.3) is 0 Å². The fourth-order valence-electron chi connectivity index (χ4n) is 4.30. The Hall–Kier alpha value is -2.73. The molecule has 0 spiro atoms. The van der Waals surface area contributed by atoms with E-state index in [1.54, 1.807) is 18.2 Å². The summed E-state index contributed by atoms with van der Waals surface area (Å²) in [5, 5.41) is 0. The molecular formula is C28H31NO3S. The molecule has 3 aromatic rings. The molecule has 4 nitrogen and oxygen atoms in total. The summed E-state index contributed by atoms with van der Waals surface area (Å²) in [6, 6.07) is 24.5. The van der Waals surface area contributed by atoms with Crippen LogP contribution in [0.2, 0.25) is 0 Å². The van der Waals surface area contributed by atoms with E-state index in [1.165, 1.54) is 9.87 Å². The van der Waals surface area contributed by atoms with Gasteiger partial charge in [-0.3, -0.25) is 0 Å². The van der Waals surface area contributed by atoms with Crippen molar-refractivity contribution >= 4 is 10.0 Å². The van der Waals surface area contributed by atoms with Gasteiger partial charge in [-0.05, 0) is 41.2 Å². The van der Waals surface area contributed by atoms with Crippen LogP contribution in [-0.2, 0) is 25.7 Å². The van der Waals surface area contributed by atoms with Gasteiger partial charge in [0.2, 0.25) is 10.0 Å². The average Bonchev–Trinajstić information content (AvgIpc) is 3.21. The second-order valence-electron chi connectivity index (χ2n) is 9.64. The predicted molar refractivity (Wildman–Crippen MR) is 132 cm³/mol. The zero-order valence-electron chi connectivity index (χ0n) is 19.7. The Balaban J connectivity index is 1.90. The van der Waals surface area contributed by atoms with Crippen molar-refractivity contribution in [2.45, 2.75) is 49.8 Å². The highest BCUT2D eigenvalue weighted by molar-refractivity contribution is 7.89. The number of nitrogens with zero attached hydrogens (tertiary/aromatic N) is 1. The highest BCUT2D eigenvalue weighted by atomic mass is 32.2. The SMILES string of the molecule is C=C[C@@]1(c2ccc(C(C)(C)C)cc2)CO[C@H](c2ccccc2)N1S(=O)(=O)c1ccc(C)cc1. The lowest BCUT2D eigenvalue weighted by molar-refractivity contribution is 0.0678. The summed E-state index contributed by atoms with van der Waals surface area (Å²) < 4.78 is 35.9. The van der Waals surface area contributed by atoms with Crippen molar-refractivity contribution in [2.75, 3.05) is 6.61 Å². The van der Waals surface area contributed by atoms with E-state index in [0.717, 1.165) is 16.7 Å². The standard InChI is InChI=1S/C28H31NO3S/c1-6-28(24-16-14-23(15-17-24)27(3,4)5)20-32-26(22-10-8-7-9-11-22)29(28)33(30,31)25-18-12-21(2)13-19-25/h6-19,26H,1,20H2,2-5H3/t26-,28+/m1/s1. The molecule has 5 heteroatoms. The van der Waals surface area contributed by atoms with E-state index in [0.29, 0.717) is 0 Å². The second kappa shape index (κ2) is 8.56. The van der Waals surface area contributed by atoms with Gasteiger partial charge in [0.15, 0.2) is 6.23 Å². The van der Waals surface area contributed by atoms with Gasteiger partial charge < -0.3 is 4.74 Å². The number of hydrogen-bond acceptors (Lipinski definition) is 3. The first-order valence-corrected chi connectivity index (χ1v) is 12.6. The Morgan fingerprint density at radius 3 is 2.12 bits per heavy atom. The van der Waals surface area contributed by atoms with E-state index < -0.39 is 21.8 Å².